The van der Waals surface area contributed by atoms with Gasteiger partial charge >= 0.3 is 0 Å². The van der Waals surface area contributed by atoms with Crippen molar-refractivity contribution in [3.8, 4) is 0 Å². The maximum Gasteiger partial charge on any atom is 0.228 e. The number of nitrogens with one attached hydrogen (secondary N) is 2. The Labute approximate surface area is 115 Å². The van der Waals surface area contributed by atoms with Crippen LogP contribution in [-0.2, 0) is 4.79 Å². The van der Waals surface area contributed by atoms with Crippen molar-refractivity contribution in [1.82, 2.24) is 5.32 Å². The number of anilines is 1. The fraction of sp³-hybridized carbons (Fsp3) is 0.500. The number of piperidine rings is 1. The monoisotopic (exact) mass is 268 g/mol. The standard InChI is InChI=1S/C14H20N2O.ClH/c1-10-5-3-7-13(11(10)2)16-14(17)12-6-4-8-15-9-12;/h3,5,7,12,15H,4,6,8-9H2,1-2H3,(H,16,17);1H/t12-;/m1./s1. The summed E-state index contributed by atoms with van der Waals surface area (Å²) in [5.74, 6) is 0.259. The first-order valence-corrected chi connectivity index (χ1v) is 6.26. The molecule has 1 aliphatic rings. The molecule has 1 heterocycles. The van der Waals surface area contributed by atoms with E-state index >= 15 is 0 Å². The van der Waals surface area contributed by atoms with Gasteiger partial charge in [-0.15, -0.1) is 12.4 Å². The average Bonchev–Trinajstić information content (AvgIpc) is 2.36. The molecule has 2 rings (SSSR count). The fourth-order valence-electron chi connectivity index (χ4n) is 2.20. The third-order valence-corrected chi connectivity index (χ3v) is 3.53. The highest BCUT2D eigenvalue weighted by atomic mass is 35.5. The summed E-state index contributed by atoms with van der Waals surface area (Å²) in [6.07, 6.45) is 2.08. The highest BCUT2D eigenvalue weighted by Crippen LogP contribution is 2.20. The van der Waals surface area contributed by atoms with E-state index < -0.39 is 0 Å². The SMILES string of the molecule is Cc1cccc(NC(=O)[C@@H]2CCCNC2)c1C.Cl. The van der Waals surface area contributed by atoms with Crippen LogP contribution in [0.2, 0.25) is 0 Å². The summed E-state index contributed by atoms with van der Waals surface area (Å²) in [5, 5.41) is 6.31. The minimum Gasteiger partial charge on any atom is -0.326 e. The first kappa shape index (κ1) is 15.0. The molecule has 1 aromatic rings. The van der Waals surface area contributed by atoms with Gasteiger partial charge in [-0.25, -0.2) is 0 Å². The van der Waals surface area contributed by atoms with Crippen LogP contribution in [0.25, 0.3) is 0 Å². The van der Waals surface area contributed by atoms with Gasteiger partial charge in [0.15, 0.2) is 0 Å². The molecule has 4 heteroatoms. The summed E-state index contributed by atoms with van der Waals surface area (Å²) in [7, 11) is 0. The van der Waals surface area contributed by atoms with Crippen molar-refractivity contribution < 1.29 is 4.79 Å². The van der Waals surface area contributed by atoms with Crippen LogP contribution in [0.5, 0.6) is 0 Å². The second kappa shape index (κ2) is 6.76. The first-order chi connectivity index (χ1) is 8.18. The van der Waals surface area contributed by atoms with Crippen molar-refractivity contribution in [2.24, 2.45) is 5.92 Å². The summed E-state index contributed by atoms with van der Waals surface area (Å²) in [6.45, 7) is 5.95. The first-order valence-electron chi connectivity index (χ1n) is 6.26. The van der Waals surface area contributed by atoms with Gasteiger partial charge in [0.25, 0.3) is 0 Å². The topological polar surface area (TPSA) is 41.1 Å². The Morgan fingerprint density at radius 1 is 1.39 bits per heavy atom. The van der Waals surface area contributed by atoms with Crippen LogP contribution in [0.4, 0.5) is 5.69 Å². The molecule has 0 spiro atoms. The molecular weight excluding hydrogens is 248 g/mol. The summed E-state index contributed by atoms with van der Waals surface area (Å²) in [4.78, 5) is 12.1. The van der Waals surface area contributed by atoms with Crippen LogP contribution < -0.4 is 10.6 Å². The Kier molecular flexibility index (Phi) is 5.63. The second-order valence-corrected chi connectivity index (χ2v) is 4.78. The molecule has 1 amide bonds. The highest BCUT2D eigenvalue weighted by molar-refractivity contribution is 5.93. The fourth-order valence-corrected chi connectivity index (χ4v) is 2.20. The number of rotatable bonds is 2. The Bertz CT molecular complexity index is 414. The van der Waals surface area contributed by atoms with Crippen molar-refractivity contribution >= 4 is 24.0 Å². The number of carbonyl (C=O) groups is 1. The van der Waals surface area contributed by atoms with E-state index in [0.717, 1.165) is 37.2 Å². The minimum absolute atomic E-state index is 0. The summed E-state index contributed by atoms with van der Waals surface area (Å²) >= 11 is 0. The third kappa shape index (κ3) is 3.47. The smallest absolute Gasteiger partial charge is 0.228 e. The number of halogens is 1. The Morgan fingerprint density at radius 2 is 2.17 bits per heavy atom. The number of hydrogen-bond donors (Lipinski definition) is 2. The second-order valence-electron chi connectivity index (χ2n) is 4.78. The third-order valence-electron chi connectivity index (χ3n) is 3.53. The van der Waals surface area contributed by atoms with Crippen LogP contribution in [0.15, 0.2) is 18.2 Å². The zero-order valence-electron chi connectivity index (χ0n) is 11.0. The lowest BCUT2D eigenvalue weighted by Crippen LogP contribution is -2.37. The molecule has 0 aliphatic carbocycles. The molecule has 18 heavy (non-hydrogen) atoms. The molecule has 0 saturated carbocycles. The molecule has 0 bridgehead atoms. The van der Waals surface area contributed by atoms with Crippen molar-refractivity contribution in [2.45, 2.75) is 26.7 Å². The molecule has 2 N–H and O–H groups in total. The average molecular weight is 269 g/mol. The van der Waals surface area contributed by atoms with E-state index in [-0.39, 0.29) is 24.2 Å². The zero-order valence-corrected chi connectivity index (χ0v) is 11.8. The number of benzene rings is 1. The molecule has 0 radical (unpaired) electrons. The summed E-state index contributed by atoms with van der Waals surface area (Å²) < 4.78 is 0. The quantitative estimate of drug-likeness (QED) is 0.866. The van der Waals surface area contributed by atoms with Gasteiger partial charge in [0.1, 0.15) is 0 Å². The number of amides is 1. The normalized spacial score (nSPS) is 18.9. The minimum atomic E-state index is 0. The van der Waals surface area contributed by atoms with Gasteiger partial charge in [0.05, 0.1) is 5.92 Å². The zero-order chi connectivity index (χ0) is 12.3. The summed E-state index contributed by atoms with van der Waals surface area (Å²) in [5.41, 5.74) is 3.31. The van der Waals surface area contributed by atoms with E-state index in [4.69, 9.17) is 0 Å². The van der Waals surface area contributed by atoms with Crippen molar-refractivity contribution in [3.05, 3.63) is 29.3 Å². The van der Waals surface area contributed by atoms with Crippen molar-refractivity contribution in [1.29, 1.82) is 0 Å². The predicted molar refractivity (Wildman–Crippen MR) is 77.4 cm³/mol. The number of aryl methyl sites for hydroxylation is 1. The maximum absolute atomic E-state index is 12.1. The molecule has 100 valence electrons. The molecule has 1 atom stereocenters. The Balaban J connectivity index is 0.00000162. The van der Waals surface area contributed by atoms with E-state index in [1.807, 2.05) is 19.1 Å². The van der Waals surface area contributed by atoms with Gasteiger partial charge in [-0.1, -0.05) is 12.1 Å². The molecule has 1 aliphatic heterocycles. The van der Waals surface area contributed by atoms with Crippen molar-refractivity contribution in [3.63, 3.8) is 0 Å². The van der Waals surface area contributed by atoms with E-state index in [9.17, 15) is 4.79 Å². The van der Waals surface area contributed by atoms with Crippen molar-refractivity contribution in [2.75, 3.05) is 18.4 Å². The number of carbonyl (C=O) groups excluding carboxylic acids is 1. The molecule has 1 fully saturated rings. The Hall–Kier alpha value is -1.06. The summed E-state index contributed by atoms with van der Waals surface area (Å²) in [6, 6.07) is 6.01. The highest BCUT2D eigenvalue weighted by Gasteiger charge is 2.21. The van der Waals surface area contributed by atoms with Gasteiger partial charge in [0.2, 0.25) is 5.91 Å². The molecule has 3 nitrogen and oxygen atoms in total. The largest absolute Gasteiger partial charge is 0.326 e. The van der Waals surface area contributed by atoms with Gasteiger partial charge in [-0.05, 0) is 50.4 Å². The van der Waals surface area contributed by atoms with Gasteiger partial charge in [-0.3, -0.25) is 4.79 Å². The molecular formula is C14H21ClN2O. The van der Waals surface area contributed by atoms with Crippen LogP contribution >= 0.6 is 12.4 Å². The van der Waals surface area contributed by atoms with Crippen LogP contribution in [0.3, 0.4) is 0 Å². The van der Waals surface area contributed by atoms with Gasteiger partial charge in [-0.2, -0.15) is 0 Å². The molecule has 0 aromatic heterocycles. The van der Waals surface area contributed by atoms with Crippen LogP contribution in [0, 0.1) is 19.8 Å². The predicted octanol–water partition coefficient (Wildman–Crippen LogP) is 2.66. The van der Waals surface area contributed by atoms with Gasteiger partial charge in [0, 0.05) is 12.2 Å². The lowest BCUT2D eigenvalue weighted by Gasteiger charge is -2.22. The molecule has 1 saturated heterocycles. The number of hydrogen-bond acceptors (Lipinski definition) is 2. The van der Waals surface area contributed by atoms with E-state index in [1.54, 1.807) is 0 Å². The maximum atomic E-state index is 12.1. The van der Waals surface area contributed by atoms with Crippen LogP contribution in [-0.4, -0.2) is 19.0 Å². The molecule has 1 aromatic carbocycles. The lowest BCUT2D eigenvalue weighted by atomic mass is 9.98. The van der Waals surface area contributed by atoms with Crippen LogP contribution in [0.1, 0.15) is 24.0 Å². The van der Waals surface area contributed by atoms with E-state index in [1.165, 1.54) is 5.56 Å². The van der Waals surface area contributed by atoms with Gasteiger partial charge < -0.3 is 10.6 Å². The lowest BCUT2D eigenvalue weighted by molar-refractivity contribution is -0.120. The van der Waals surface area contributed by atoms with E-state index in [0.29, 0.717) is 0 Å². The Morgan fingerprint density at radius 3 is 2.83 bits per heavy atom. The molecule has 0 unspecified atom stereocenters. The van der Waals surface area contributed by atoms with E-state index in [2.05, 4.69) is 23.6 Å².